The number of aliphatic hydroxyl groups excluding tert-OH is 1. The SMILES string of the molecule is CCOC(=O)[C@@](C)(CO)N(Cc1ccccc1)Cc1ccccc1. The van der Waals surface area contributed by atoms with Crippen molar-refractivity contribution in [2.75, 3.05) is 13.2 Å². The largest absolute Gasteiger partial charge is 0.465 e. The maximum Gasteiger partial charge on any atom is 0.328 e. The predicted octanol–water partition coefficient (Wildman–Crippen LogP) is 3.00. The number of carbonyl (C=O) groups excluding carboxylic acids is 1. The van der Waals surface area contributed by atoms with E-state index in [0.717, 1.165) is 11.1 Å². The van der Waals surface area contributed by atoms with Crippen molar-refractivity contribution in [1.29, 1.82) is 0 Å². The second kappa shape index (κ2) is 8.62. The molecule has 0 heterocycles. The number of ether oxygens (including phenoxy) is 1. The Bertz CT molecular complexity index is 588. The van der Waals surface area contributed by atoms with Gasteiger partial charge in [-0.25, -0.2) is 4.79 Å². The van der Waals surface area contributed by atoms with Gasteiger partial charge in [0.2, 0.25) is 0 Å². The zero-order valence-electron chi connectivity index (χ0n) is 14.3. The lowest BCUT2D eigenvalue weighted by Gasteiger charge is -2.38. The first-order chi connectivity index (χ1) is 11.6. The maximum absolute atomic E-state index is 12.5. The average Bonchev–Trinajstić information content (AvgIpc) is 2.62. The number of aliphatic hydroxyl groups is 1. The second-order valence-corrected chi connectivity index (χ2v) is 5.98. The molecule has 128 valence electrons. The highest BCUT2D eigenvalue weighted by Crippen LogP contribution is 2.23. The molecule has 0 aliphatic heterocycles. The van der Waals surface area contributed by atoms with Gasteiger partial charge in [0.05, 0.1) is 13.2 Å². The molecule has 1 atom stereocenters. The van der Waals surface area contributed by atoms with Gasteiger partial charge >= 0.3 is 5.97 Å². The highest BCUT2D eigenvalue weighted by atomic mass is 16.5. The molecule has 0 amide bonds. The molecule has 0 radical (unpaired) electrons. The van der Waals surface area contributed by atoms with Crippen LogP contribution < -0.4 is 0 Å². The molecule has 0 saturated heterocycles. The Labute approximate surface area is 143 Å². The van der Waals surface area contributed by atoms with Crippen LogP contribution >= 0.6 is 0 Å². The minimum atomic E-state index is -1.10. The van der Waals surface area contributed by atoms with E-state index in [9.17, 15) is 9.90 Å². The standard InChI is InChI=1S/C20H25NO3/c1-3-24-19(23)20(2,16-22)21(14-17-10-6-4-7-11-17)15-18-12-8-5-9-13-18/h4-13,22H,3,14-16H2,1-2H3/t20-/m1/s1. The zero-order chi connectivity index (χ0) is 17.4. The molecule has 0 aliphatic rings. The molecule has 0 fully saturated rings. The summed E-state index contributed by atoms with van der Waals surface area (Å²) in [5.74, 6) is -0.403. The predicted molar refractivity (Wildman–Crippen MR) is 94.3 cm³/mol. The summed E-state index contributed by atoms with van der Waals surface area (Å²) < 4.78 is 5.21. The van der Waals surface area contributed by atoms with Crippen LogP contribution in [0.3, 0.4) is 0 Å². The number of hydrogen-bond acceptors (Lipinski definition) is 4. The Morgan fingerprint density at radius 2 is 1.46 bits per heavy atom. The van der Waals surface area contributed by atoms with Gasteiger partial charge in [-0.15, -0.1) is 0 Å². The van der Waals surface area contributed by atoms with Gasteiger partial charge in [-0.1, -0.05) is 60.7 Å². The van der Waals surface area contributed by atoms with Gasteiger partial charge in [0.25, 0.3) is 0 Å². The molecule has 2 rings (SSSR count). The molecule has 2 aromatic rings. The number of hydrogen-bond donors (Lipinski definition) is 1. The molecule has 4 nitrogen and oxygen atoms in total. The lowest BCUT2D eigenvalue weighted by Crippen LogP contribution is -2.55. The lowest BCUT2D eigenvalue weighted by molar-refractivity contribution is -0.161. The molecular formula is C20H25NO3. The summed E-state index contributed by atoms with van der Waals surface area (Å²) >= 11 is 0. The number of benzene rings is 2. The minimum Gasteiger partial charge on any atom is -0.465 e. The first-order valence-electron chi connectivity index (χ1n) is 8.21. The molecule has 0 aromatic heterocycles. The van der Waals surface area contributed by atoms with E-state index in [1.165, 1.54) is 0 Å². The Kier molecular flexibility index (Phi) is 6.53. The van der Waals surface area contributed by atoms with Gasteiger partial charge in [0, 0.05) is 13.1 Å². The Morgan fingerprint density at radius 3 is 1.83 bits per heavy atom. The van der Waals surface area contributed by atoms with E-state index in [0.29, 0.717) is 19.7 Å². The van der Waals surface area contributed by atoms with E-state index < -0.39 is 11.5 Å². The van der Waals surface area contributed by atoms with E-state index in [4.69, 9.17) is 4.74 Å². The van der Waals surface area contributed by atoms with Crippen LogP contribution in [0.25, 0.3) is 0 Å². The van der Waals surface area contributed by atoms with Crippen LogP contribution in [0.5, 0.6) is 0 Å². The van der Waals surface area contributed by atoms with E-state index in [2.05, 4.69) is 0 Å². The minimum absolute atomic E-state index is 0.291. The second-order valence-electron chi connectivity index (χ2n) is 5.98. The van der Waals surface area contributed by atoms with Crippen molar-refractivity contribution in [1.82, 2.24) is 4.90 Å². The average molecular weight is 327 g/mol. The van der Waals surface area contributed by atoms with Gasteiger partial charge in [0.15, 0.2) is 0 Å². The van der Waals surface area contributed by atoms with Crippen molar-refractivity contribution < 1.29 is 14.6 Å². The van der Waals surface area contributed by atoms with Crippen LogP contribution in [0, 0.1) is 0 Å². The van der Waals surface area contributed by atoms with Crippen LogP contribution in [0.1, 0.15) is 25.0 Å². The highest BCUT2D eigenvalue weighted by Gasteiger charge is 2.40. The Balaban J connectivity index is 2.31. The van der Waals surface area contributed by atoms with E-state index in [-0.39, 0.29) is 6.61 Å². The highest BCUT2D eigenvalue weighted by molar-refractivity contribution is 5.80. The maximum atomic E-state index is 12.5. The third-order valence-corrected chi connectivity index (χ3v) is 4.15. The smallest absolute Gasteiger partial charge is 0.328 e. The first kappa shape index (κ1) is 18.2. The molecule has 1 N–H and O–H groups in total. The molecule has 0 unspecified atom stereocenters. The van der Waals surface area contributed by atoms with Crippen molar-refractivity contribution in [3.8, 4) is 0 Å². The molecule has 0 spiro atoms. The molecule has 0 saturated carbocycles. The van der Waals surface area contributed by atoms with E-state index in [1.54, 1.807) is 13.8 Å². The van der Waals surface area contributed by atoms with Crippen LogP contribution in [-0.2, 0) is 22.6 Å². The fraction of sp³-hybridized carbons (Fsp3) is 0.350. The van der Waals surface area contributed by atoms with Crippen LogP contribution in [-0.4, -0.2) is 34.7 Å². The van der Waals surface area contributed by atoms with E-state index in [1.807, 2.05) is 65.6 Å². The van der Waals surface area contributed by atoms with Crippen LogP contribution in [0.4, 0.5) is 0 Å². The van der Waals surface area contributed by atoms with Crippen molar-refractivity contribution in [3.05, 3.63) is 71.8 Å². The monoisotopic (exact) mass is 327 g/mol. The van der Waals surface area contributed by atoms with Gasteiger partial charge in [0.1, 0.15) is 5.54 Å². The number of nitrogens with zero attached hydrogens (tertiary/aromatic N) is 1. The van der Waals surface area contributed by atoms with Gasteiger partial charge in [-0.3, -0.25) is 4.90 Å². The summed E-state index contributed by atoms with van der Waals surface area (Å²) in [6.45, 7) is 4.59. The third kappa shape index (κ3) is 4.43. The molecule has 2 aromatic carbocycles. The fourth-order valence-electron chi connectivity index (χ4n) is 2.59. The van der Waals surface area contributed by atoms with Crippen molar-refractivity contribution >= 4 is 5.97 Å². The quantitative estimate of drug-likeness (QED) is 0.757. The van der Waals surface area contributed by atoms with Crippen molar-refractivity contribution in [2.24, 2.45) is 0 Å². The normalized spacial score (nSPS) is 13.5. The van der Waals surface area contributed by atoms with Gasteiger partial charge in [-0.05, 0) is 25.0 Å². The molecule has 0 bridgehead atoms. The van der Waals surface area contributed by atoms with Crippen LogP contribution in [0.2, 0.25) is 0 Å². The number of esters is 1. The topological polar surface area (TPSA) is 49.8 Å². The van der Waals surface area contributed by atoms with Gasteiger partial charge < -0.3 is 9.84 Å². The lowest BCUT2D eigenvalue weighted by atomic mass is 9.98. The van der Waals surface area contributed by atoms with E-state index >= 15 is 0 Å². The molecule has 0 aliphatic carbocycles. The number of carbonyl (C=O) groups is 1. The third-order valence-electron chi connectivity index (χ3n) is 4.15. The Morgan fingerprint density at radius 1 is 1.00 bits per heavy atom. The molecule has 4 heteroatoms. The van der Waals surface area contributed by atoms with Crippen molar-refractivity contribution in [3.63, 3.8) is 0 Å². The fourth-order valence-corrected chi connectivity index (χ4v) is 2.59. The zero-order valence-corrected chi connectivity index (χ0v) is 14.3. The van der Waals surface area contributed by atoms with Crippen LogP contribution in [0.15, 0.2) is 60.7 Å². The molecular weight excluding hydrogens is 302 g/mol. The summed E-state index contributed by atoms with van der Waals surface area (Å²) in [4.78, 5) is 14.5. The summed E-state index contributed by atoms with van der Waals surface area (Å²) in [6, 6.07) is 19.9. The summed E-state index contributed by atoms with van der Waals surface area (Å²) in [7, 11) is 0. The summed E-state index contributed by atoms with van der Waals surface area (Å²) in [5, 5.41) is 9.97. The first-order valence-corrected chi connectivity index (χ1v) is 8.21. The number of rotatable bonds is 8. The Hall–Kier alpha value is -2.17. The van der Waals surface area contributed by atoms with Crippen molar-refractivity contribution in [2.45, 2.75) is 32.5 Å². The van der Waals surface area contributed by atoms with Gasteiger partial charge in [-0.2, -0.15) is 0 Å². The summed E-state index contributed by atoms with van der Waals surface area (Å²) in [5.41, 5.74) is 1.07. The summed E-state index contributed by atoms with van der Waals surface area (Å²) in [6.07, 6.45) is 0. The molecule has 24 heavy (non-hydrogen) atoms.